The minimum atomic E-state index is -0.0986. The fraction of sp³-hybridized carbons (Fsp3) is 0.125. The average Bonchev–Trinajstić information content (AvgIpc) is 2.95. The van der Waals surface area contributed by atoms with Gasteiger partial charge in [0.25, 0.3) is 0 Å². The second-order valence-corrected chi connectivity index (χ2v) is 5.42. The first-order chi connectivity index (χ1) is 9.28. The van der Waals surface area contributed by atoms with E-state index < -0.39 is 0 Å². The summed E-state index contributed by atoms with van der Waals surface area (Å²) >= 11 is 1.63. The Balaban J connectivity index is 1.98. The van der Waals surface area contributed by atoms with Crippen LogP contribution in [-0.4, -0.2) is 7.11 Å². The van der Waals surface area contributed by atoms with Gasteiger partial charge in [-0.05, 0) is 28.5 Å². The van der Waals surface area contributed by atoms with Gasteiger partial charge in [-0.3, -0.25) is 0 Å². The molecule has 0 bridgehead atoms. The van der Waals surface area contributed by atoms with E-state index in [4.69, 9.17) is 10.5 Å². The van der Waals surface area contributed by atoms with Crippen molar-refractivity contribution in [3.63, 3.8) is 0 Å². The average molecular weight is 269 g/mol. The van der Waals surface area contributed by atoms with Crippen LogP contribution in [0.1, 0.15) is 16.5 Å². The Morgan fingerprint density at radius 2 is 1.84 bits per heavy atom. The molecule has 1 aromatic heterocycles. The van der Waals surface area contributed by atoms with Crippen molar-refractivity contribution in [1.29, 1.82) is 0 Å². The summed E-state index contributed by atoms with van der Waals surface area (Å²) in [6.45, 7) is 0. The van der Waals surface area contributed by atoms with E-state index in [-0.39, 0.29) is 6.04 Å². The Morgan fingerprint density at radius 3 is 2.58 bits per heavy atom. The molecule has 3 heteroatoms. The van der Waals surface area contributed by atoms with E-state index in [1.165, 1.54) is 10.8 Å². The molecule has 1 heterocycles. The fourth-order valence-corrected chi connectivity index (χ4v) is 3.05. The van der Waals surface area contributed by atoms with E-state index in [1.54, 1.807) is 18.4 Å². The lowest BCUT2D eigenvalue weighted by Gasteiger charge is -2.11. The van der Waals surface area contributed by atoms with Crippen molar-refractivity contribution in [3.8, 4) is 5.75 Å². The van der Waals surface area contributed by atoms with Gasteiger partial charge in [-0.2, -0.15) is 0 Å². The van der Waals surface area contributed by atoms with Crippen LogP contribution in [0, 0.1) is 0 Å². The van der Waals surface area contributed by atoms with Crippen LogP contribution in [0.15, 0.2) is 53.9 Å². The van der Waals surface area contributed by atoms with Crippen molar-refractivity contribution >= 4 is 22.1 Å². The molecule has 0 saturated heterocycles. The highest BCUT2D eigenvalue weighted by Crippen LogP contribution is 2.30. The Labute approximate surface area is 116 Å². The molecule has 2 aromatic carbocycles. The number of thiophene rings is 1. The zero-order chi connectivity index (χ0) is 13.2. The molecule has 0 aliphatic carbocycles. The van der Waals surface area contributed by atoms with Crippen molar-refractivity contribution in [2.45, 2.75) is 6.04 Å². The summed E-state index contributed by atoms with van der Waals surface area (Å²) in [6.07, 6.45) is 0. The molecule has 0 aliphatic heterocycles. The summed E-state index contributed by atoms with van der Waals surface area (Å²) in [6, 6.07) is 16.6. The molecular formula is C16H15NOS. The molecule has 1 unspecified atom stereocenters. The number of benzene rings is 2. The van der Waals surface area contributed by atoms with Gasteiger partial charge in [0.1, 0.15) is 5.75 Å². The lowest BCUT2D eigenvalue weighted by Crippen LogP contribution is -2.09. The van der Waals surface area contributed by atoms with Crippen LogP contribution in [0.2, 0.25) is 0 Å². The van der Waals surface area contributed by atoms with Crippen LogP contribution in [-0.2, 0) is 0 Å². The summed E-state index contributed by atoms with van der Waals surface area (Å²) in [5.74, 6) is 0.872. The van der Waals surface area contributed by atoms with Crippen molar-refractivity contribution in [1.82, 2.24) is 0 Å². The molecule has 2 N–H and O–H groups in total. The van der Waals surface area contributed by atoms with Gasteiger partial charge in [0.05, 0.1) is 13.2 Å². The second kappa shape index (κ2) is 5.03. The second-order valence-electron chi connectivity index (χ2n) is 4.47. The normalized spacial score (nSPS) is 12.5. The molecule has 0 fully saturated rings. The number of hydrogen-bond acceptors (Lipinski definition) is 3. The third kappa shape index (κ3) is 2.35. The molecule has 19 heavy (non-hydrogen) atoms. The number of hydrogen-bond donors (Lipinski definition) is 1. The number of rotatable bonds is 3. The first-order valence-electron chi connectivity index (χ1n) is 6.14. The van der Waals surface area contributed by atoms with Crippen molar-refractivity contribution in [2.75, 3.05) is 7.11 Å². The molecule has 1 atom stereocenters. The first kappa shape index (κ1) is 12.2. The molecular weight excluding hydrogens is 254 g/mol. The molecule has 3 rings (SSSR count). The smallest absolute Gasteiger partial charge is 0.129 e. The molecule has 3 aromatic rings. The number of methoxy groups -OCH3 is 1. The third-order valence-electron chi connectivity index (χ3n) is 3.27. The highest BCUT2D eigenvalue weighted by atomic mass is 32.1. The minimum Gasteiger partial charge on any atom is -0.496 e. The van der Waals surface area contributed by atoms with Gasteiger partial charge in [0.15, 0.2) is 0 Å². The Morgan fingerprint density at radius 1 is 1.05 bits per heavy atom. The molecule has 2 nitrogen and oxygen atoms in total. The van der Waals surface area contributed by atoms with Gasteiger partial charge in [-0.1, -0.05) is 36.4 Å². The van der Waals surface area contributed by atoms with E-state index in [0.717, 1.165) is 16.2 Å². The number of ether oxygens (including phenoxy) is 1. The van der Waals surface area contributed by atoms with Crippen LogP contribution in [0.25, 0.3) is 10.8 Å². The lowest BCUT2D eigenvalue weighted by atomic mass is 10.0. The zero-order valence-electron chi connectivity index (χ0n) is 10.7. The number of nitrogens with two attached hydrogens (primary N) is 1. The Kier molecular flexibility index (Phi) is 3.23. The van der Waals surface area contributed by atoms with Gasteiger partial charge in [-0.25, -0.2) is 0 Å². The first-order valence-corrected chi connectivity index (χ1v) is 7.02. The van der Waals surface area contributed by atoms with Crippen LogP contribution in [0.5, 0.6) is 5.75 Å². The largest absolute Gasteiger partial charge is 0.496 e. The third-order valence-corrected chi connectivity index (χ3v) is 4.26. The lowest BCUT2D eigenvalue weighted by molar-refractivity contribution is 0.416. The maximum atomic E-state index is 6.33. The predicted molar refractivity (Wildman–Crippen MR) is 80.8 cm³/mol. The SMILES string of the molecule is COc1csc(C(N)c2ccc3ccccc3c2)c1. The zero-order valence-corrected chi connectivity index (χ0v) is 11.5. The summed E-state index contributed by atoms with van der Waals surface area (Å²) < 4.78 is 5.21. The summed E-state index contributed by atoms with van der Waals surface area (Å²) in [5, 5.41) is 4.44. The van der Waals surface area contributed by atoms with Gasteiger partial charge in [0.2, 0.25) is 0 Å². The van der Waals surface area contributed by atoms with E-state index in [0.29, 0.717) is 0 Å². The summed E-state index contributed by atoms with van der Waals surface area (Å²) in [5.41, 5.74) is 7.46. The summed E-state index contributed by atoms with van der Waals surface area (Å²) in [4.78, 5) is 1.12. The van der Waals surface area contributed by atoms with Crippen LogP contribution >= 0.6 is 11.3 Å². The van der Waals surface area contributed by atoms with E-state index in [2.05, 4.69) is 30.3 Å². The Bertz CT molecular complexity index is 705. The molecule has 0 radical (unpaired) electrons. The highest BCUT2D eigenvalue weighted by Gasteiger charge is 2.12. The standard InChI is InChI=1S/C16H15NOS/c1-18-14-9-15(19-10-14)16(17)13-7-6-11-4-2-3-5-12(11)8-13/h2-10,16H,17H2,1H3. The maximum Gasteiger partial charge on any atom is 0.129 e. The molecule has 96 valence electrons. The fourth-order valence-electron chi connectivity index (χ4n) is 2.17. The predicted octanol–water partition coefficient (Wildman–Crippen LogP) is 3.96. The minimum absolute atomic E-state index is 0.0986. The summed E-state index contributed by atoms with van der Waals surface area (Å²) in [7, 11) is 1.67. The van der Waals surface area contributed by atoms with Gasteiger partial charge in [0, 0.05) is 10.3 Å². The maximum absolute atomic E-state index is 6.33. The van der Waals surface area contributed by atoms with E-state index in [9.17, 15) is 0 Å². The molecule has 0 aliphatic rings. The number of fused-ring (bicyclic) bond motifs is 1. The van der Waals surface area contributed by atoms with Gasteiger partial charge < -0.3 is 10.5 Å². The van der Waals surface area contributed by atoms with E-state index >= 15 is 0 Å². The van der Waals surface area contributed by atoms with E-state index in [1.807, 2.05) is 23.6 Å². The van der Waals surface area contributed by atoms with Crippen molar-refractivity contribution in [2.24, 2.45) is 5.73 Å². The topological polar surface area (TPSA) is 35.2 Å². The molecule has 0 saturated carbocycles. The Hall–Kier alpha value is -1.84. The highest BCUT2D eigenvalue weighted by molar-refractivity contribution is 7.10. The van der Waals surface area contributed by atoms with Crippen LogP contribution in [0.3, 0.4) is 0 Å². The van der Waals surface area contributed by atoms with Crippen molar-refractivity contribution < 1.29 is 4.74 Å². The van der Waals surface area contributed by atoms with Crippen LogP contribution in [0.4, 0.5) is 0 Å². The van der Waals surface area contributed by atoms with Gasteiger partial charge in [-0.15, -0.1) is 11.3 Å². The van der Waals surface area contributed by atoms with Gasteiger partial charge >= 0.3 is 0 Å². The van der Waals surface area contributed by atoms with Crippen molar-refractivity contribution in [3.05, 3.63) is 64.4 Å². The quantitative estimate of drug-likeness (QED) is 0.781. The molecule has 0 spiro atoms. The molecule has 0 amide bonds. The van der Waals surface area contributed by atoms with Crippen LogP contribution < -0.4 is 10.5 Å². The monoisotopic (exact) mass is 269 g/mol.